The van der Waals surface area contributed by atoms with Crippen LogP contribution in [0.1, 0.15) is 16.7 Å². The number of hydrogen-bond donors (Lipinski definition) is 1. The highest BCUT2D eigenvalue weighted by atomic mass is 79.9. The van der Waals surface area contributed by atoms with Gasteiger partial charge in [0.2, 0.25) is 5.89 Å². The molecule has 0 bridgehead atoms. The molecule has 0 atom stereocenters. The van der Waals surface area contributed by atoms with Crippen molar-refractivity contribution in [3.8, 4) is 23.0 Å². The average Bonchev–Trinajstić information content (AvgIpc) is 3.28. The van der Waals surface area contributed by atoms with E-state index in [1.54, 1.807) is 19.4 Å². The Morgan fingerprint density at radius 3 is 2.62 bits per heavy atom. The Hall–Kier alpha value is -3.90. The largest absolute Gasteiger partial charge is 0.507 e. The van der Waals surface area contributed by atoms with Crippen LogP contribution in [0.3, 0.4) is 0 Å². The van der Waals surface area contributed by atoms with E-state index in [9.17, 15) is 5.11 Å². The van der Waals surface area contributed by atoms with Crippen LogP contribution >= 0.6 is 15.9 Å². The van der Waals surface area contributed by atoms with Crippen LogP contribution in [0, 0.1) is 0 Å². The van der Waals surface area contributed by atoms with Crippen LogP contribution in [0.2, 0.25) is 0 Å². The van der Waals surface area contributed by atoms with E-state index in [0.717, 1.165) is 33.5 Å². The number of nitrogens with zero attached hydrogens (tertiary/aromatic N) is 2. The normalized spacial score (nSPS) is 11.4. The van der Waals surface area contributed by atoms with Crippen molar-refractivity contribution < 1.29 is 14.3 Å². The molecule has 0 amide bonds. The lowest BCUT2D eigenvalue weighted by atomic mass is 10.0. The third-order valence-electron chi connectivity index (χ3n) is 5.47. The van der Waals surface area contributed by atoms with Gasteiger partial charge in [-0.15, -0.1) is 0 Å². The standard InChI is InChI=1S/C28H21BrN2O3/c1-33-26-11-8-20(15-23(26)29)28-31-24-16-22(9-12-27(24)34-28)30-17-21-14-19(7-10-25(21)32)13-18-5-3-2-4-6-18/h2-12,14-17,32H,13H2,1H3. The molecule has 0 radical (unpaired) electrons. The number of benzene rings is 4. The van der Waals surface area contributed by atoms with E-state index in [2.05, 4.69) is 38.0 Å². The van der Waals surface area contributed by atoms with Crippen molar-refractivity contribution in [2.45, 2.75) is 6.42 Å². The Morgan fingerprint density at radius 2 is 1.82 bits per heavy atom. The Kier molecular flexibility index (Phi) is 6.14. The number of fused-ring (bicyclic) bond motifs is 1. The highest BCUT2D eigenvalue weighted by Gasteiger charge is 2.11. The summed E-state index contributed by atoms with van der Waals surface area (Å²) in [6.07, 6.45) is 2.46. The number of ether oxygens (including phenoxy) is 1. The van der Waals surface area contributed by atoms with Crippen molar-refractivity contribution >= 4 is 38.9 Å². The zero-order valence-corrected chi connectivity index (χ0v) is 20.0. The number of oxazole rings is 1. The molecule has 34 heavy (non-hydrogen) atoms. The van der Waals surface area contributed by atoms with E-state index in [1.807, 2.05) is 66.7 Å². The summed E-state index contributed by atoms with van der Waals surface area (Å²) in [4.78, 5) is 9.19. The van der Waals surface area contributed by atoms with Gasteiger partial charge in [-0.05, 0) is 82.0 Å². The number of aliphatic imine (C=N–C) groups is 1. The first-order chi connectivity index (χ1) is 16.6. The minimum Gasteiger partial charge on any atom is -0.507 e. The van der Waals surface area contributed by atoms with Crippen molar-refractivity contribution in [1.29, 1.82) is 0 Å². The highest BCUT2D eigenvalue weighted by Crippen LogP contribution is 2.32. The van der Waals surface area contributed by atoms with E-state index >= 15 is 0 Å². The van der Waals surface area contributed by atoms with Crippen LogP contribution in [-0.2, 0) is 6.42 Å². The smallest absolute Gasteiger partial charge is 0.227 e. The van der Waals surface area contributed by atoms with E-state index in [4.69, 9.17) is 9.15 Å². The minimum absolute atomic E-state index is 0.190. The molecule has 4 aromatic carbocycles. The zero-order valence-electron chi connectivity index (χ0n) is 18.4. The molecular formula is C28H21BrN2O3. The molecule has 1 heterocycles. The molecule has 0 aliphatic heterocycles. The molecule has 0 aliphatic carbocycles. The monoisotopic (exact) mass is 512 g/mol. The first kappa shape index (κ1) is 21.9. The highest BCUT2D eigenvalue weighted by molar-refractivity contribution is 9.10. The topological polar surface area (TPSA) is 67.9 Å². The number of methoxy groups -OCH3 is 1. The van der Waals surface area contributed by atoms with Gasteiger partial charge in [-0.2, -0.15) is 0 Å². The molecule has 5 rings (SSSR count). The van der Waals surface area contributed by atoms with Gasteiger partial charge in [-0.25, -0.2) is 4.98 Å². The predicted molar refractivity (Wildman–Crippen MR) is 138 cm³/mol. The van der Waals surface area contributed by atoms with Gasteiger partial charge in [0.15, 0.2) is 5.58 Å². The Bertz CT molecular complexity index is 1490. The van der Waals surface area contributed by atoms with Gasteiger partial charge in [0, 0.05) is 17.3 Å². The van der Waals surface area contributed by atoms with Crippen LogP contribution in [0.5, 0.6) is 11.5 Å². The third-order valence-corrected chi connectivity index (χ3v) is 6.09. The fourth-order valence-corrected chi connectivity index (χ4v) is 4.25. The molecule has 5 aromatic rings. The van der Waals surface area contributed by atoms with E-state index in [1.165, 1.54) is 5.56 Å². The lowest BCUT2D eigenvalue weighted by molar-refractivity contribution is 0.412. The minimum atomic E-state index is 0.190. The second-order valence-electron chi connectivity index (χ2n) is 7.83. The Labute approximate surface area is 205 Å². The second-order valence-corrected chi connectivity index (χ2v) is 8.69. The van der Waals surface area contributed by atoms with Crippen LogP contribution in [0.25, 0.3) is 22.6 Å². The Morgan fingerprint density at radius 1 is 0.971 bits per heavy atom. The molecule has 0 fully saturated rings. The summed E-state index contributed by atoms with van der Waals surface area (Å²) in [5.41, 5.74) is 5.93. The van der Waals surface area contributed by atoms with Crippen molar-refractivity contribution in [1.82, 2.24) is 4.98 Å². The molecule has 0 saturated heterocycles. The number of phenolic OH excluding ortho intramolecular Hbond substituents is 1. The maximum absolute atomic E-state index is 10.3. The molecule has 168 valence electrons. The van der Waals surface area contributed by atoms with Crippen LogP contribution in [0.4, 0.5) is 5.69 Å². The van der Waals surface area contributed by atoms with E-state index in [-0.39, 0.29) is 5.75 Å². The summed E-state index contributed by atoms with van der Waals surface area (Å²) in [6.45, 7) is 0. The van der Waals surface area contributed by atoms with Crippen molar-refractivity contribution in [2.75, 3.05) is 7.11 Å². The van der Waals surface area contributed by atoms with E-state index in [0.29, 0.717) is 22.6 Å². The maximum Gasteiger partial charge on any atom is 0.227 e. The molecule has 6 heteroatoms. The lowest BCUT2D eigenvalue weighted by Crippen LogP contribution is -1.91. The fourth-order valence-electron chi connectivity index (χ4n) is 3.71. The predicted octanol–water partition coefficient (Wildman–Crippen LogP) is 7.31. The third kappa shape index (κ3) is 4.72. The van der Waals surface area contributed by atoms with Crippen molar-refractivity contribution in [2.24, 2.45) is 4.99 Å². The molecule has 0 aliphatic rings. The molecule has 0 saturated carbocycles. The average molecular weight is 513 g/mol. The van der Waals surface area contributed by atoms with Gasteiger partial charge in [-0.1, -0.05) is 36.4 Å². The summed E-state index contributed by atoms with van der Waals surface area (Å²) >= 11 is 3.50. The van der Waals surface area contributed by atoms with Crippen LogP contribution < -0.4 is 4.74 Å². The van der Waals surface area contributed by atoms with Gasteiger partial charge in [0.05, 0.1) is 17.3 Å². The SMILES string of the molecule is COc1ccc(-c2nc3cc(N=Cc4cc(Cc5ccccc5)ccc4O)ccc3o2)cc1Br. The van der Waals surface area contributed by atoms with Crippen molar-refractivity contribution in [3.63, 3.8) is 0 Å². The van der Waals surface area contributed by atoms with Gasteiger partial charge in [0.1, 0.15) is 17.0 Å². The number of hydrogen-bond acceptors (Lipinski definition) is 5. The number of aromatic nitrogens is 1. The zero-order chi connectivity index (χ0) is 23.5. The maximum atomic E-state index is 10.3. The summed E-state index contributed by atoms with van der Waals surface area (Å²) in [5, 5.41) is 10.3. The number of aromatic hydroxyl groups is 1. The van der Waals surface area contributed by atoms with Crippen LogP contribution in [-0.4, -0.2) is 23.4 Å². The summed E-state index contributed by atoms with van der Waals surface area (Å²) in [7, 11) is 1.63. The van der Waals surface area contributed by atoms with Crippen molar-refractivity contribution in [3.05, 3.63) is 106 Å². The number of rotatable bonds is 6. The Balaban J connectivity index is 1.39. The van der Waals surface area contributed by atoms with Gasteiger partial charge in [0.25, 0.3) is 0 Å². The lowest BCUT2D eigenvalue weighted by Gasteiger charge is -2.05. The summed E-state index contributed by atoms with van der Waals surface area (Å²) in [5.74, 6) is 1.45. The molecule has 1 aromatic heterocycles. The summed E-state index contributed by atoms with van der Waals surface area (Å²) in [6, 6.07) is 27.1. The van der Waals surface area contributed by atoms with E-state index < -0.39 is 0 Å². The fraction of sp³-hybridized carbons (Fsp3) is 0.0714. The van der Waals surface area contributed by atoms with Gasteiger partial charge < -0.3 is 14.3 Å². The molecule has 1 N–H and O–H groups in total. The number of halogens is 1. The van der Waals surface area contributed by atoms with Gasteiger partial charge in [-0.3, -0.25) is 4.99 Å². The first-order valence-electron chi connectivity index (χ1n) is 10.7. The summed E-state index contributed by atoms with van der Waals surface area (Å²) < 4.78 is 12.0. The molecule has 5 nitrogen and oxygen atoms in total. The van der Waals surface area contributed by atoms with Gasteiger partial charge >= 0.3 is 0 Å². The number of phenols is 1. The first-order valence-corrected chi connectivity index (χ1v) is 11.5. The quantitative estimate of drug-likeness (QED) is 0.242. The molecule has 0 unspecified atom stereocenters. The van der Waals surface area contributed by atoms with Crippen LogP contribution in [0.15, 0.2) is 98.8 Å². The second kappa shape index (κ2) is 9.53. The molecular weight excluding hydrogens is 492 g/mol. The molecule has 0 spiro atoms.